The number of aliphatic imine (C=N–C) groups is 1. The maximum Gasteiger partial charge on any atom is 0.0939 e. The Morgan fingerprint density at radius 2 is 1.60 bits per heavy atom. The van der Waals surface area contributed by atoms with Gasteiger partial charge in [0.2, 0.25) is 0 Å². The van der Waals surface area contributed by atoms with Gasteiger partial charge in [0, 0.05) is 5.54 Å². The second-order valence-corrected chi connectivity index (χ2v) is 6.13. The molecule has 0 bridgehead atoms. The van der Waals surface area contributed by atoms with Crippen LogP contribution >= 0.6 is 0 Å². The highest BCUT2D eigenvalue weighted by atomic mass is 15.0. The predicted octanol–water partition coefficient (Wildman–Crippen LogP) is 3.40. The minimum absolute atomic E-state index is 0.0800. The van der Waals surface area contributed by atoms with Crippen molar-refractivity contribution in [2.45, 2.75) is 54.0 Å². The standard InChI is InChI=1S/C13H26N2/c1-10(12(3,4)5)9-14-11(2)15-13(6,7)8/h1,9H2,2-8H3,(H,14,15). The number of hydrogen-bond acceptors (Lipinski definition) is 1. The Morgan fingerprint density at radius 3 is 1.93 bits per heavy atom. The van der Waals surface area contributed by atoms with Gasteiger partial charge in [0.15, 0.2) is 0 Å². The van der Waals surface area contributed by atoms with Gasteiger partial charge in [-0.3, -0.25) is 4.99 Å². The lowest BCUT2D eigenvalue weighted by molar-refractivity contribution is 0.494. The Hall–Kier alpha value is -0.790. The first-order valence-electron chi connectivity index (χ1n) is 5.50. The maximum atomic E-state index is 4.48. The number of nitrogens with zero attached hydrogens (tertiary/aromatic N) is 1. The van der Waals surface area contributed by atoms with E-state index in [-0.39, 0.29) is 11.0 Å². The van der Waals surface area contributed by atoms with Crippen LogP contribution in [0.1, 0.15) is 48.5 Å². The van der Waals surface area contributed by atoms with E-state index in [1.54, 1.807) is 0 Å². The Labute approximate surface area is 94.9 Å². The zero-order valence-electron chi connectivity index (χ0n) is 11.4. The molecule has 0 aliphatic carbocycles. The molecule has 0 amide bonds. The van der Waals surface area contributed by atoms with Crippen molar-refractivity contribution in [3.05, 3.63) is 12.2 Å². The lowest BCUT2D eigenvalue weighted by atomic mass is 9.88. The van der Waals surface area contributed by atoms with Crippen LogP contribution in [0.15, 0.2) is 17.1 Å². The van der Waals surface area contributed by atoms with Gasteiger partial charge in [0.25, 0.3) is 0 Å². The summed E-state index contributed by atoms with van der Waals surface area (Å²) in [4.78, 5) is 4.48. The van der Waals surface area contributed by atoms with E-state index in [9.17, 15) is 0 Å². The van der Waals surface area contributed by atoms with E-state index in [0.717, 1.165) is 11.4 Å². The second kappa shape index (κ2) is 4.82. The summed E-state index contributed by atoms with van der Waals surface area (Å²) in [7, 11) is 0. The third kappa shape index (κ3) is 7.18. The van der Waals surface area contributed by atoms with Crippen molar-refractivity contribution >= 4 is 5.84 Å². The minimum atomic E-state index is 0.0800. The molecule has 0 heterocycles. The quantitative estimate of drug-likeness (QED) is 0.422. The van der Waals surface area contributed by atoms with E-state index in [1.807, 2.05) is 6.92 Å². The fourth-order valence-electron chi connectivity index (χ4n) is 1.03. The van der Waals surface area contributed by atoms with Gasteiger partial charge >= 0.3 is 0 Å². The molecule has 1 N–H and O–H groups in total. The molecular weight excluding hydrogens is 184 g/mol. The molecule has 0 unspecified atom stereocenters. The molecule has 0 aromatic rings. The van der Waals surface area contributed by atoms with Crippen LogP contribution < -0.4 is 5.32 Å². The van der Waals surface area contributed by atoms with Crippen LogP contribution in [0.3, 0.4) is 0 Å². The first-order valence-corrected chi connectivity index (χ1v) is 5.50. The van der Waals surface area contributed by atoms with E-state index in [2.05, 4.69) is 58.4 Å². The van der Waals surface area contributed by atoms with Crippen LogP contribution in [0.25, 0.3) is 0 Å². The molecule has 2 heteroatoms. The third-order valence-corrected chi connectivity index (χ3v) is 2.12. The fraction of sp³-hybridized carbons (Fsp3) is 0.769. The molecule has 15 heavy (non-hydrogen) atoms. The number of amidine groups is 1. The van der Waals surface area contributed by atoms with Crippen molar-refractivity contribution in [2.75, 3.05) is 6.54 Å². The fourth-order valence-corrected chi connectivity index (χ4v) is 1.03. The van der Waals surface area contributed by atoms with Gasteiger partial charge in [0.05, 0.1) is 12.4 Å². The van der Waals surface area contributed by atoms with Crippen molar-refractivity contribution in [1.82, 2.24) is 5.32 Å². The normalized spacial score (nSPS) is 13.9. The molecule has 0 aromatic carbocycles. The van der Waals surface area contributed by atoms with Gasteiger partial charge in [0.1, 0.15) is 0 Å². The molecule has 0 saturated heterocycles. The summed E-state index contributed by atoms with van der Waals surface area (Å²) >= 11 is 0. The first-order chi connectivity index (χ1) is 6.52. The average molecular weight is 210 g/mol. The van der Waals surface area contributed by atoms with Crippen LogP contribution in [-0.4, -0.2) is 17.9 Å². The van der Waals surface area contributed by atoms with Gasteiger partial charge in [-0.1, -0.05) is 32.9 Å². The molecule has 88 valence electrons. The summed E-state index contributed by atoms with van der Waals surface area (Å²) in [5.74, 6) is 0.980. The summed E-state index contributed by atoms with van der Waals surface area (Å²) < 4.78 is 0. The summed E-state index contributed by atoms with van der Waals surface area (Å²) in [5.41, 5.74) is 1.39. The molecule has 0 rings (SSSR count). The topological polar surface area (TPSA) is 24.4 Å². The van der Waals surface area contributed by atoms with Crippen LogP contribution in [0.2, 0.25) is 0 Å². The SMILES string of the molecule is C=C(C/N=C(\C)NC(C)(C)C)C(C)(C)C. The van der Waals surface area contributed by atoms with E-state index in [1.165, 1.54) is 0 Å². The number of hydrogen-bond donors (Lipinski definition) is 1. The van der Waals surface area contributed by atoms with Crippen LogP contribution in [0.4, 0.5) is 0 Å². The third-order valence-electron chi connectivity index (χ3n) is 2.12. The molecule has 0 aliphatic heterocycles. The highest BCUT2D eigenvalue weighted by Crippen LogP contribution is 2.23. The molecule has 0 fully saturated rings. The Morgan fingerprint density at radius 1 is 1.13 bits per heavy atom. The zero-order valence-corrected chi connectivity index (χ0v) is 11.4. The van der Waals surface area contributed by atoms with Gasteiger partial charge < -0.3 is 5.32 Å². The van der Waals surface area contributed by atoms with Gasteiger partial charge in [-0.15, -0.1) is 0 Å². The largest absolute Gasteiger partial charge is 0.369 e. The minimum Gasteiger partial charge on any atom is -0.369 e. The van der Waals surface area contributed by atoms with Gasteiger partial charge in [-0.25, -0.2) is 0 Å². The Kier molecular flexibility index (Phi) is 4.57. The molecular formula is C13H26N2. The van der Waals surface area contributed by atoms with Crippen LogP contribution in [-0.2, 0) is 0 Å². The molecule has 0 aromatic heterocycles. The lowest BCUT2D eigenvalue weighted by Crippen LogP contribution is -2.39. The molecule has 0 aliphatic rings. The molecule has 0 saturated carbocycles. The average Bonchev–Trinajstić information content (AvgIpc) is 1.94. The van der Waals surface area contributed by atoms with Crippen molar-refractivity contribution in [2.24, 2.45) is 10.4 Å². The Bertz CT molecular complexity index is 249. The number of nitrogens with one attached hydrogen (secondary N) is 1. The van der Waals surface area contributed by atoms with E-state index in [0.29, 0.717) is 6.54 Å². The molecule has 2 nitrogen and oxygen atoms in total. The summed E-state index contributed by atoms with van der Waals surface area (Å²) in [5, 5.41) is 3.33. The van der Waals surface area contributed by atoms with E-state index < -0.39 is 0 Å². The van der Waals surface area contributed by atoms with Crippen molar-refractivity contribution < 1.29 is 0 Å². The first kappa shape index (κ1) is 14.2. The van der Waals surface area contributed by atoms with E-state index >= 15 is 0 Å². The Balaban J connectivity index is 4.25. The maximum absolute atomic E-state index is 4.48. The molecule has 0 spiro atoms. The molecule has 0 atom stereocenters. The van der Waals surface area contributed by atoms with E-state index in [4.69, 9.17) is 0 Å². The van der Waals surface area contributed by atoms with Crippen molar-refractivity contribution in [3.63, 3.8) is 0 Å². The van der Waals surface area contributed by atoms with Crippen LogP contribution in [0.5, 0.6) is 0 Å². The number of rotatable bonds is 2. The second-order valence-electron chi connectivity index (χ2n) is 6.13. The van der Waals surface area contributed by atoms with Crippen LogP contribution in [0, 0.1) is 5.41 Å². The smallest absolute Gasteiger partial charge is 0.0939 e. The molecule has 0 radical (unpaired) electrons. The van der Waals surface area contributed by atoms with Crippen molar-refractivity contribution in [3.8, 4) is 0 Å². The monoisotopic (exact) mass is 210 g/mol. The summed E-state index contributed by atoms with van der Waals surface area (Å²) in [6, 6.07) is 0. The lowest BCUT2D eigenvalue weighted by Gasteiger charge is -2.23. The highest BCUT2D eigenvalue weighted by Gasteiger charge is 2.14. The predicted molar refractivity (Wildman–Crippen MR) is 69.5 cm³/mol. The summed E-state index contributed by atoms with van der Waals surface area (Å²) in [6.07, 6.45) is 0. The van der Waals surface area contributed by atoms with Crippen molar-refractivity contribution in [1.29, 1.82) is 0 Å². The zero-order chi connectivity index (χ0) is 12.3. The highest BCUT2D eigenvalue weighted by molar-refractivity contribution is 5.80. The van der Waals surface area contributed by atoms with Gasteiger partial charge in [-0.05, 0) is 33.1 Å². The summed E-state index contributed by atoms with van der Waals surface area (Å²) in [6.45, 7) is 19.6. The van der Waals surface area contributed by atoms with Gasteiger partial charge in [-0.2, -0.15) is 0 Å².